The maximum atomic E-state index is 13.0. The SMILES string of the molecule is CCC(C)C[C@H](NC(=O)c1ccc2c(c1)nc(Cc1ccco1)n2C1CCCCC1C)C(=O)O. The van der Waals surface area contributed by atoms with Crippen LogP contribution in [0.15, 0.2) is 41.0 Å². The summed E-state index contributed by atoms with van der Waals surface area (Å²) >= 11 is 0. The fourth-order valence-electron chi connectivity index (χ4n) is 5.07. The van der Waals surface area contributed by atoms with Gasteiger partial charge in [-0.1, -0.05) is 40.0 Å². The third-order valence-corrected chi connectivity index (χ3v) is 7.27. The molecule has 7 nitrogen and oxygen atoms in total. The zero-order chi connectivity index (χ0) is 24.2. The summed E-state index contributed by atoms with van der Waals surface area (Å²) in [5, 5.41) is 12.3. The van der Waals surface area contributed by atoms with Gasteiger partial charge < -0.3 is 19.4 Å². The Morgan fingerprint density at radius 1 is 1.26 bits per heavy atom. The van der Waals surface area contributed by atoms with E-state index in [1.165, 1.54) is 19.3 Å². The van der Waals surface area contributed by atoms with E-state index in [0.29, 0.717) is 30.4 Å². The van der Waals surface area contributed by atoms with Gasteiger partial charge in [-0.15, -0.1) is 0 Å². The highest BCUT2D eigenvalue weighted by molar-refractivity contribution is 5.99. The van der Waals surface area contributed by atoms with Crippen LogP contribution in [0.5, 0.6) is 0 Å². The number of aromatic nitrogens is 2. The number of benzene rings is 1. The fraction of sp³-hybridized carbons (Fsp3) is 0.519. The minimum absolute atomic E-state index is 0.209. The number of carboxylic acid groups (broad SMARTS) is 1. The summed E-state index contributed by atoms with van der Waals surface area (Å²) < 4.78 is 7.94. The molecule has 0 spiro atoms. The van der Waals surface area contributed by atoms with Gasteiger partial charge in [-0.3, -0.25) is 4.79 Å². The predicted molar refractivity (Wildman–Crippen MR) is 131 cm³/mol. The number of imidazole rings is 1. The Labute approximate surface area is 200 Å². The Morgan fingerprint density at radius 3 is 2.74 bits per heavy atom. The van der Waals surface area contributed by atoms with Gasteiger partial charge in [0.15, 0.2) is 0 Å². The molecule has 182 valence electrons. The second-order valence-electron chi connectivity index (χ2n) is 9.80. The maximum Gasteiger partial charge on any atom is 0.326 e. The molecular weight excluding hydrogens is 430 g/mol. The quantitative estimate of drug-likeness (QED) is 0.429. The normalized spacial score (nSPS) is 20.2. The van der Waals surface area contributed by atoms with E-state index < -0.39 is 12.0 Å². The topological polar surface area (TPSA) is 97.4 Å². The lowest BCUT2D eigenvalue weighted by atomic mass is 9.85. The number of amides is 1. The lowest BCUT2D eigenvalue weighted by molar-refractivity contribution is -0.139. The van der Waals surface area contributed by atoms with Crippen LogP contribution in [-0.2, 0) is 11.2 Å². The summed E-state index contributed by atoms with van der Waals surface area (Å²) in [5.41, 5.74) is 2.18. The standard InChI is InChI=1S/C27H35N3O4/c1-4-17(2)14-22(27(32)33)29-26(31)19-11-12-24-21(15-19)28-25(16-20-9-7-13-34-20)30(24)23-10-6-5-8-18(23)3/h7,9,11-13,15,17-18,22-23H,4-6,8,10,14,16H2,1-3H3,(H,29,31)(H,32,33)/t17?,18?,22-,23?/m0/s1. The number of aliphatic carboxylic acids is 1. The molecule has 1 saturated carbocycles. The Kier molecular flexibility index (Phi) is 7.39. The van der Waals surface area contributed by atoms with Gasteiger partial charge in [0.05, 0.1) is 23.7 Å². The summed E-state index contributed by atoms with van der Waals surface area (Å²) in [6.07, 6.45) is 8.27. The van der Waals surface area contributed by atoms with Gasteiger partial charge in [-0.25, -0.2) is 9.78 Å². The fourth-order valence-corrected chi connectivity index (χ4v) is 5.07. The van der Waals surface area contributed by atoms with Crippen molar-refractivity contribution < 1.29 is 19.1 Å². The number of carbonyl (C=O) groups excluding carboxylic acids is 1. The molecule has 4 atom stereocenters. The van der Waals surface area contributed by atoms with Gasteiger partial charge in [0.2, 0.25) is 0 Å². The van der Waals surface area contributed by atoms with Crippen molar-refractivity contribution >= 4 is 22.9 Å². The number of hydrogen-bond donors (Lipinski definition) is 2. The molecule has 3 unspecified atom stereocenters. The number of nitrogens with zero attached hydrogens (tertiary/aromatic N) is 2. The molecule has 0 aliphatic heterocycles. The zero-order valence-electron chi connectivity index (χ0n) is 20.3. The molecule has 1 aliphatic carbocycles. The van der Waals surface area contributed by atoms with E-state index in [1.54, 1.807) is 18.4 Å². The van der Waals surface area contributed by atoms with E-state index >= 15 is 0 Å². The Morgan fingerprint density at radius 2 is 2.06 bits per heavy atom. The van der Waals surface area contributed by atoms with Gasteiger partial charge in [-0.05, 0) is 61.4 Å². The Balaban J connectivity index is 1.66. The number of carboxylic acids is 1. The van der Waals surface area contributed by atoms with Crippen LogP contribution in [0.2, 0.25) is 0 Å². The average molecular weight is 466 g/mol. The molecule has 0 saturated heterocycles. The highest BCUT2D eigenvalue weighted by Gasteiger charge is 2.28. The minimum atomic E-state index is -1.01. The first-order valence-electron chi connectivity index (χ1n) is 12.4. The van der Waals surface area contributed by atoms with E-state index in [0.717, 1.165) is 35.5 Å². The number of carbonyl (C=O) groups is 2. The van der Waals surface area contributed by atoms with Crippen LogP contribution in [0.4, 0.5) is 0 Å². The zero-order valence-corrected chi connectivity index (χ0v) is 20.3. The summed E-state index contributed by atoms with van der Waals surface area (Å²) in [6, 6.07) is 8.80. The van der Waals surface area contributed by atoms with Crippen molar-refractivity contribution in [1.29, 1.82) is 0 Å². The molecule has 3 aromatic rings. The molecule has 1 aromatic carbocycles. The van der Waals surface area contributed by atoms with Crippen LogP contribution in [0.3, 0.4) is 0 Å². The molecule has 1 fully saturated rings. The minimum Gasteiger partial charge on any atom is -0.480 e. The molecule has 2 heterocycles. The monoisotopic (exact) mass is 465 g/mol. The summed E-state index contributed by atoms with van der Waals surface area (Å²) in [6.45, 7) is 6.31. The summed E-state index contributed by atoms with van der Waals surface area (Å²) in [7, 11) is 0. The Bertz CT molecular complexity index is 1130. The number of hydrogen-bond acceptors (Lipinski definition) is 4. The van der Waals surface area contributed by atoms with E-state index in [2.05, 4.69) is 16.8 Å². The first-order chi connectivity index (χ1) is 16.4. The van der Waals surface area contributed by atoms with E-state index in [9.17, 15) is 14.7 Å². The molecule has 34 heavy (non-hydrogen) atoms. The van der Waals surface area contributed by atoms with Gasteiger partial charge >= 0.3 is 5.97 Å². The third kappa shape index (κ3) is 5.18. The molecule has 1 amide bonds. The van der Waals surface area contributed by atoms with Gasteiger partial charge in [-0.2, -0.15) is 0 Å². The van der Waals surface area contributed by atoms with Crippen molar-refractivity contribution in [2.24, 2.45) is 11.8 Å². The lowest BCUT2D eigenvalue weighted by Gasteiger charge is -2.31. The third-order valence-electron chi connectivity index (χ3n) is 7.27. The number of rotatable bonds is 9. The molecule has 0 bridgehead atoms. The second kappa shape index (κ2) is 10.5. The van der Waals surface area contributed by atoms with Crippen LogP contribution in [0.1, 0.15) is 87.3 Å². The maximum absolute atomic E-state index is 13.0. The Hall–Kier alpha value is -3.09. The molecule has 2 N–H and O–H groups in total. The van der Waals surface area contributed by atoms with Crippen LogP contribution in [-0.4, -0.2) is 32.6 Å². The number of nitrogens with one attached hydrogen (secondary N) is 1. The van der Waals surface area contributed by atoms with Crippen molar-refractivity contribution in [2.75, 3.05) is 0 Å². The van der Waals surface area contributed by atoms with E-state index in [-0.39, 0.29) is 11.8 Å². The van der Waals surface area contributed by atoms with Gasteiger partial charge in [0, 0.05) is 11.6 Å². The number of fused-ring (bicyclic) bond motifs is 1. The number of furan rings is 1. The first-order valence-corrected chi connectivity index (χ1v) is 12.4. The molecular formula is C27H35N3O4. The summed E-state index contributed by atoms with van der Waals surface area (Å²) in [4.78, 5) is 29.6. The molecule has 4 rings (SSSR count). The van der Waals surface area contributed by atoms with Crippen LogP contribution in [0, 0.1) is 11.8 Å². The average Bonchev–Trinajstić information content (AvgIpc) is 3.46. The van der Waals surface area contributed by atoms with E-state index in [1.807, 2.05) is 32.0 Å². The smallest absolute Gasteiger partial charge is 0.326 e. The lowest BCUT2D eigenvalue weighted by Crippen LogP contribution is -2.41. The van der Waals surface area contributed by atoms with Crippen LogP contribution >= 0.6 is 0 Å². The largest absolute Gasteiger partial charge is 0.480 e. The van der Waals surface area contributed by atoms with Crippen LogP contribution in [0.25, 0.3) is 11.0 Å². The van der Waals surface area contributed by atoms with E-state index in [4.69, 9.17) is 9.40 Å². The first kappa shape index (κ1) is 24.0. The highest BCUT2D eigenvalue weighted by Crippen LogP contribution is 2.37. The molecule has 0 radical (unpaired) electrons. The molecule has 2 aromatic heterocycles. The van der Waals surface area contributed by atoms with Crippen molar-refractivity contribution in [1.82, 2.24) is 14.9 Å². The summed E-state index contributed by atoms with van der Waals surface area (Å²) in [5.74, 6) is 1.15. The second-order valence-corrected chi connectivity index (χ2v) is 9.80. The molecule has 7 heteroatoms. The van der Waals surface area contributed by atoms with Gasteiger partial charge in [0.25, 0.3) is 5.91 Å². The molecule has 1 aliphatic rings. The highest BCUT2D eigenvalue weighted by atomic mass is 16.4. The van der Waals surface area contributed by atoms with Crippen molar-refractivity contribution in [3.8, 4) is 0 Å². The van der Waals surface area contributed by atoms with Crippen molar-refractivity contribution in [2.45, 2.75) is 77.8 Å². The van der Waals surface area contributed by atoms with Crippen molar-refractivity contribution in [3.05, 3.63) is 53.7 Å². The van der Waals surface area contributed by atoms with Crippen LogP contribution < -0.4 is 5.32 Å². The predicted octanol–water partition coefficient (Wildman–Crippen LogP) is 5.59. The van der Waals surface area contributed by atoms with Crippen molar-refractivity contribution in [3.63, 3.8) is 0 Å². The van der Waals surface area contributed by atoms with Gasteiger partial charge in [0.1, 0.15) is 17.6 Å².